The van der Waals surface area contributed by atoms with Gasteiger partial charge in [0.15, 0.2) is 5.78 Å². The fourth-order valence-corrected chi connectivity index (χ4v) is 2.92. The number of aryl methyl sites for hydroxylation is 2. The van der Waals surface area contributed by atoms with Gasteiger partial charge >= 0.3 is 0 Å². The molecule has 0 aliphatic heterocycles. The topological polar surface area (TPSA) is 78.5 Å². The van der Waals surface area contributed by atoms with Gasteiger partial charge in [0.2, 0.25) is 0 Å². The van der Waals surface area contributed by atoms with E-state index in [-0.39, 0.29) is 12.2 Å². The Hall–Kier alpha value is -3.35. The lowest BCUT2D eigenvalue weighted by Gasteiger charge is -2.06. The monoisotopic (exact) mass is 346 g/mol. The van der Waals surface area contributed by atoms with Crippen LogP contribution in [0.25, 0.3) is 22.2 Å². The highest BCUT2D eigenvalue weighted by Gasteiger charge is 2.12. The van der Waals surface area contributed by atoms with Crippen molar-refractivity contribution >= 4 is 16.7 Å². The van der Waals surface area contributed by atoms with Crippen LogP contribution in [0.5, 0.6) is 0 Å². The van der Waals surface area contributed by atoms with Crippen molar-refractivity contribution in [2.24, 2.45) is 14.1 Å². The van der Waals surface area contributed by atoms with E-state index in [4.69, 9.17) is 0 Å². The summed E-state index contributed by atoms with van der Waals surface area (Å²) in [7, 11) is 3.77. The number of nitrogens with zero attached hydrogens (tertiary/aromatic N) is 6. The molecule has 0 saturated heterocycles. The predicted octanol–water partition coefficient (Wildman–Crippen LogP) is 2.50. The largest absolute Gasteiger partial charge is 0.331 e. The molecule has 4 heterocycles. The highest BCUT2D eigenvalue weighted by Crippen LogP contribution is 2.23. The predicted molar refractivity (Wildman–Crippen MR) is 97.7 cm³/mol. The lowest BCUT2D eigenvalue weighted by molar-refractivity contribution is 0.0992. The van der Waals surface area contributed by atoms with E-state index in [1.54, 1.807) is 30.3 Å². The second kappa shape index (κ2) is 6.18. The van der Waals surface area contributed by atoms with Crippen LogP contribution in [0.2, 0.25) is 0 Å². The molecular weight excluding hydrogens is 328 g/mol. The van der Waals surface area contributed by atoms with E-state index in [2.05, 4.69) is 26.1 Å². The molecule has 0 amide bonds. The van der Waals surface area contributed by atoms with E-state index in [1.807, 2.05) is 37.0 Å². The molecule has 7 nitrogen and oxygen atoms in total. The van der Waals surface area contributed by atoms with Gasteiger partial charge in [0, 0.05) is 43.1 Å². The molecule has 0 bridgehead atoms. The summed E-state index contributed by atoms with van der Waals surface area (Å²) in [6.07, 6.45) is 8.89. The minimum absolute atomic E-state index is 0.00340. The summed E-state index contributed by atoms with van der Waals surface area (Å²) in [4.78, 5) is 25.6. The van der Waals surface area contributed by atoms with Crippen molar-refractivity contribution in [3.63, 3.8) is 0 Å². The maximum atomic E-state index is 12.4. The molecule has 0 aliphatic carbocycles. The average molecular weight is 346 g/mol. The molecule has 4 rings (SSSR count). The Morgan fingerprint density at radius 2 is 1.88 bits per heavy atom. The van der Waals surface area contributed by atoms with E-state index in [1.165, 1.54) is 0 Å². The number of Topliss-reactive ketones (excluding diaryl/α,β-unsaturated/α-hetero) is 1. The minimum Gasteiger partial charge on any atom is -0.331 e. The number of pyridine rings is 2. The summed E-state index contributed by atoms with van der Waals surface area (Å²) < 4.78 is 3.64. The number of fused-ring (bicyclic) bond motifs is 1. The van der Waals surface area contributed by atoms with Gasteiger partial charge in [-0.05, 0) is 19.1 Å². The molecule has 0 spiro atoms. The molecule has 0 aliphatic rings. The van der Waals surface area contributed by atoms with Crippen molar-refractivity contribution in [2.75, 3.05) is 0 Å². The minimum atomic E-state index is -0.00340. The number of carbonyl (C=O) groups excluding carboxylic acids is 1. The number of hydrogen-bond acceptors (Lipinski definition) is 5. The second-order valence-corrected chi connectivity index (χ2v) is 6.34. The van der Waals surface area contributed by atoms with Gasteiger partial charge in [0.1, 0.15) is 5.82 Å². The van der Waals surface area contributed by atoms with Gasteiger partial charge in [-0.3, -0.25) is 19.4 Å². The fourth-order valence-electron chi connectivity index (χ4n) is 2.92. The fraction of sp³-hybridized carbons (Fsp3) is 0.211. The SMILES string of the molecule is Cc1ncc(-c2cnc3cnc(CC(=O)c4cnn(C)c4)cc3c2)n1C. The van der Waals surface area contributed by atoms with Gasteiger partial charge < -0.3 is 4.57 Å². The molecule has 0 unspecified atom stereocenters. The van der Waals surface area contributed by atoms with Gasteiger partial charge in [-0.15, -0.1) is 0 Å². The molecule has 0 atom stereocenters. The Bertz CT molecular complexity index is 1120. The van der Waals surface area contributed by atoms with Gasteiger partial charge in [-0.2, -0.15) is 5.10 Å². The average Bonchev–Trinajstić information content (AvgIpc) is 3.21. The number of rotatable bonds is 4. The third kappa shape index (κ3) is 2.88. The number of aromatic nitrogens is 6. The van der Waals surface area contributed by atoms with Crippen LogP contribution < -0.4 is 0 Å². The van der Waals surface area contributed by atoms with Gasteiger partial charge in [-0.25, -0.2) is 4.98 Å². The maximum absolute atomic E-state index is 12.4. The first-order valence-corrected chi connectivity index (χ1v) is 8.26. The Morgan fingerprint density at radius 3 is 2.58 bits per heavy atom. The molecular formula is C19H18N6O. The highest BCUT2D eigenvalue weighted by molar-refractivity contribution is 5.97. The van der Waals surface area contributed by atoms with Crippen LogP contribution in [0, 0.1) is 6.92 Å². The number of ketones is 1. The van der Waals surface area contributed by atoms with Crippen LogP contribution in [0.15, 0.2) is 43.1 Å². The first-order valence-electron chi connectivity index (χ1n) is 8.26. The first kappa shape index (κ1) is 16.1. The third-order valence-corrected chi connectivity index (χ3v) is 4.51. The Labute approximate surface area is 150 Å². The molecule has 0 aromatic carbocycles. The van der Waals surface area contributed by atoms with Gasteiger partial charge in [-0.1, -0.05) is 0 Å². The number of hydrogen-bond donors (Lipinski definition) is 0. The molecule has 0 fully saturated rings. The quantitative estimate of drug-likeness (QED) is 0.531. The van der Waals surface area contributed by atoms with Crippen LogP contribution in [0.3, 0.4) is 0 Å². The molecule has 0 radical (unpaired) electrons. The number of imidazole rings is 1. The van der Waals surface area contributed by atoms with Gasteiger partial charge in [0.05, 0.1) is 41.8 Å². The molecule has 26 heavy (non-hydrogen) atoms. The van der Waals surface area contributed by atoms with Crippen LogP contribution in [0.4, 0.5) is 0 Å². The van der Waals surface area contributed by atoms with E-state index in [0.29, 0.717) is 11.3 Å². The molecule has 4 aromatic heterocycles. The third-order valence-electron chi connectivity index (χ3n) is 4.51. The summed E-state index contributed by atoms with van der Waals surface area (Å²) in [5, 5.41) is 4.99. The molecule has 4 aromatic rings. The van der Waals surface area contributed by atoms with Gasteiger partial charge in [0.25, 0.3) is 0 Å². The Morgan fingerprint density at radius 1 is 1.04 bits per heavy atom. The van der Waals surface area contributed by atoms with Crippen LogP contribution in [-0.4, -0.2) is 35.1 Å². The van der Waals surface area contributed by atoms with Crippen molar-refractivity contribution in [2.45, 2.75) is 13.3 Å². The van der Waals surface area contributed by atoms with Crippen LogP contribution in [-0.2, 0) is 20.5 Å². The summed E-state index contributed by atoms with van der Waals surface area (Å²) in [5.41, 5.74) is 4.08. The van der Waals surface area contributed by atoms with Crippen LogP contribution in [0.1, 0.15) is 21.9 Å². The maximum Gasteiger partial charge on any atom is 0.171 e. The zero-order chi connectivity index (χ0) is 18.3. The van der Waals surface area contributed by atoms with Crippen molar-refractivity contribution in [3.05, 3.63) is 60.2 Å². The van der Waals surface area contributed by atoms with Crippen molar-refractivity contribution < 1.29 is 4.79 Å². The zero-order valence-electron chi connectivity index (χ0n) is 14.8. The zero-order valence-corrected chi connectivity index (χ0v) is 14.8. The molecule has 0 N–H and O–H groups in total. The summed E-state index contributed by atoms with van der Waals surface area (Å²) in [5.74, 6) is 0.939. The van der Waals surface area contributed by atoms with E-state index in [0.717, 1.165) is 28.0 Å². The molecule has 0 saturated carbocycles. The normalized spacial score (nSPS) is 11.2. The van der Waals surface area contributed by atoms with E-state index >= 15 is 0 Å². The van der Waals surface area contributed by atoms with E-state index < -0.39 is 0 Å². The standard InChI is InChI=1S/C19H18N6O/c1-12-20-10-18(25(12)3)14-4-13-5-16(21-9-17(13)22-7-14)6-19(26)15-8-23-24(2)11-15/h4-5,7-11H,6H2,1-3H3. The Balaban J connectivity index is 1.67. The molecule has 7 heteroatoms. The first-order chi connectivity index (χ1) is 12.5. The highest BCUT2D eigenvalue weighted by atomic mass is 16.1. The molecule has 130 valence electrons. The Kier molecular flexibility index (Phi) is 3.84. The second-order valence-electron chi connectivity index (χ2n) is 6.34. The van der Waals surface area contributed by atoms with Crippen LogP contribution >= 0.6 is 0 Å². The van der Waals surface area contributed by atoms with Crippen molar-refractivity contribution in [3.8, 4) is 11.3 Å². The summed E-state index contributed by atoms with van der Waals surface area (Å²) in [6.45, 7) is 1.96. The summed E-state index contributed by atoms with van der Waals surface area (Å²) in [6, 6.07) is 3.97. The van der Waals surface area contributed by atoms with E-state index in [9.17, 15) is 4.79 Å². The van der Waals surface area contributed by atoms with Crippen molar-refractivity contribution in [1.82, 2.24) is 29.3 Å². The lowest BCUT2D eigenvalue weighted by Crippen LogP contribution is -2.04. The smallest absolute Gasteiger partial charge is 0.171 e. The summed E-state index contributed by atoms with van der Waals surface area (Å²) >= 11 is 0. The number of carbonyl (C=O) groups is 1. The lowest BCUT2D eigenvalue weighted by atomic mass is 10.1. The van der Waals surface area contributed by atoms with Crippen molar-refractivity contribution in [1.29, 1.82) is 0 Å².